The van der Waals surface area contributed by atoms with Crippen LogP contribution in [0.25, 0.3) is 15.9 Å². The Hall–Kier alpha value is -3.13. The Bertz CT molecular complexity index is 1120. The number of rotatable bonds is 2. The van der Waals surface area contributed by atoms with Crippen LogP contribution in [0.1, 0.15) is 16.2 Å². The fourth-order valence-electron chi connectivity index (χ4n) is 3.06. The number of amides is 1. The van der Waals surface area contributed by atoms with Crippen molar-refractivity contribution in [3.8, 4) is 11.5 Å². The number of benzene rings is 1. The second-order valence-electron chi connectivity index (χ2n) is 5.91. The minimum atomic E-state index is -0.238. The monoisotopic (exact) mass is 366 g/mol. The minimum Gasteiger partial charge on any atom is -0.486 e. The van der Waals surface area contributed by atoms with Crippen molar-refractivity contribution in [2.45, 2.75) is 6.92 Å². The molecule has 0 radical (unpaired) electrons. The van der Waals surface area contributed by atoms with Gasteiger partial charge in [0, 0.05) is 18.3 Å². The van der Waals surface area contributed by atoms with Crippen LogP contribution < -0.4 is 14.8 Å². The van der Waals surface area contributed by atoms with Gasteiger partial charge in [-0.15, -0.1) is 0 Å². The molecule has 0 spiro atoms. The molecule has 4 heterocycles. The summed E-state index contributed by atoms with van der Waals surface area (Å²) in [5.41, 5.74) is 2.68. The fraction of sp³-hybridized carbons (Fsp3) is 0.167. The molecule has 0 saturated carbocycles. The first-order valence-electron chi connectivity index (χ1n) is 8.14. The molecule has 8 heteroatoms. The highest BCUT2D eigenvalue weighted by Crippen LogP contribution is 2.37. The molecule has 1 N–H and O–H groups in total. The number of aryl methyl sites for hydroxylation is 1. The lowest BCUT2D eigenvalue weighted by atomic mass is 10.3. The van der Waals surface area contributed by atoms with Gasteiger partial charge in [0.2, 0.25) is 0 Å². The summed E-state index contributed by atoms with van der Waals surface area (Å²) in [6.45, 7) is 2.89. The van der Waals surface area contributed by atoms with Crippen LogP contribution in [0.5, 0.6) is 11.5 Å². The van der Waals surface area contributed by atoms with Crippen LogP contribution in [-0.2, 0) is 0 Å². The highest BCUT2D eigenvalue weighted by molar-refractivity contribution is 7.22. The van der Waals surface area contributed by atoms with E-state index < -0.39 is 0 Å². The molecular formula is C18H14N4O3S. The third-order valence-electron chi connectivity index (χ3n) is 4.19. The topological polar surface area (TPSA) is 77.8 Å². The lowest BCUT2D eigenvalue weighted by Crippen LogP contribution is -2.15. The Kier molecular flexibility index (Phi) is 3.32. The fourth-order valence-corrected chi connectivity index (χ4v) is 3.93. The lowest BCUT2D eigenvalue weighted by molar-refractivity contribution is 0.102. The van der Waals surface area contributed by atoms with Gasteiger partial charge >= 0.3 is 0 Å². The van der Waals surface area contributed by atoms with Gasteiger partial charge < -0.3 is 9.47 Å². The maximum atomic E-state index is 12.8. The normalized spacial score (nSPS) is 13.3. The second kappa shape index (κ2) is 5.70. The van der Waals surface area contributed by atoms with E-state index in [9.17, 15) is 4.79 Å². The largest absolute Gasteiger partial charge is 0.486 e. The molecule has 0 saturated heterocycles. The van der Waals surface area contributed by atoms with Crippen molar-refractivity contribution in [3.63, 3.8) is 0 Å². The van der Waals surface area contributed by atoms with E-state index >= 15 is 0 Å². The first kappa shape index (κ1) is 15.2. The summed E-state index contributed by atoms with van der Waals surface area (Å²) < 4.78 is 13.9. The van der Waals surface area contributed by atoms with Crippen LogP contribution in [0.15, 0.2) is 36.5 Å². The van der Waals surface area contributed by atoms with Gasteiger partial charge in [0.15, 0.2) is 16.6 Å². The first-order chi connectivity index (χ1) is 12.7. The summed E-state index contributed by atoms with van der Waals surface area (Å²) >= 11 is 1.40. The summed E-state index contributed by atoms with van der Waals surface area (Å²) in [6, 6.07) is 9.37. The van der Waals surface area contributed by atoms with Crippen molar-refractivity contribution in [1.82, 2.24) is 14.4 Å². The van der Waals surface area contributed by atoms with Gasteiger partial charge in [0.25, 0.3) is 5.91 Å². The van der Waals surface area contributed by atoms with Crippen molar-refractivity contribution in [2.24, 2.45) is 0 Å². The van der Waals surface area contributed by atoms with Crippen molar-refractivity contribution in [3.05, 3.63) is 47.9 Å². The molecule has 0 unspecified atom stereocenters. The molecule has 0 aliphatic carbocycles. The van der Waals surface area contributed by atoms with Gasteiger partial charge in [-0.05, 0) is 19.1 Å². The maximum Gasteiger partial charge on any atom is 0.276 e. The number of thiazole rings is 1. The molecule has 1 aromatic carbocycles. The zero-order valence-electron chi connectivity index (χ0n) is 13.9. The molecule has 26 heavy (non-hydrogen) atoms. The predicted molar refractivity (Wildman–Crippen MR) is 98.5 cm³/mol. The second-order valence-corrected chi connectivity index (χ2v) is 6.94. The number of hydrogen-bond acceptors (Lipinski definition) is 6. The number of ether oxygens (including phenoxy) is 2. The van der Waals surface area contributed by atoms with E-state index in [1.807, 2.05) is 43.5 Å². The molecule has 3 aromatic heterocycles. The number of nitrogens with zero attached hydrogens (tertiary/aromatic N) is 3. The number of imidazole rings is 1. The van der Waals surface area contributed by atoms with Gasteiger partial charge in [-0.1, -0.05) is 17.4 Å². The number of carbonyl (C=O) groups excluding carboxylic acids is 1. The smallest absolute Gasteiger partial charge is 0.276 e. The molecule has 1 aliphatic heterocycles. The van der Waals surface area contributed by atoms with Crippen LogP contribution in [0.2, 0.25) is 0 Å². The number of carbonyl (C=O) groups is 1. The number of nitrogens with one attached hydrogen (secondary N) is 1. The van der Waals surface area contributed by atoms with Crippen molar-refractivity contribution >= 4 is 38.2 Å². The molecule has 0 fully saturated rings. The van der Waals surface area contributed by atoms with Gasteiger partial charge in [0.1, 0.15) is 24.6 Å². The number of fused-ring (bicyclic) bond motifs is 3. The minimum absolute atomic E-state index is 0.238. The Labute approximate surface area is 152 Å². The molecule has 130 valence electrons. The maximum absolute atomic E-state index is 12.8. The third kappa shape index (κ3) is 2.38. The summed E-state index contributed by atoms with van der Waals surface area (Å²) in [4.78, 5) is 21.7. The zero-order chi connectivity index (χ0) is 17.7. The summed E-state index contributed by atoms with van der Waals surface area (Å²) in [7, 11) is 0. The van der Waals surface area contributed by atoms with Gasteiger partial charge in [0.05, 0.1) is 15.9 Å². The lowest BCUT2D eigenvalue weighted by Gasteiger charge is -2.17. The summed E-state index contributed by atoms with van der Waals surface area (Å²) in [6.07, 6.45) is 1.82. The van der Waals surface area contributed by atoms with E-state index in [1.165, 1.54) is 11.3 Å². The average Bonchev–Trinajstić information content (AvgIpc) is 3.17. The summed E-state index contributed by atoms with van der Waals surface area (Å²) in [5, 5.41) is 3.41. The highest BCUT2D eigenvalue weighted by Gasteiger charge is 2.19. The van der Waals surface area contributed by atoms with E-state index in [0.29, 0.717) is 41.2 Å². The molecular weight excluding hydrogens is 352 g/mol. The van der Waals surface area contributed by atoms with Gasteiger partial charge in [-0.25, -0.2) is 9.97 Å². The summed E-state index contributed by atoms with van der Waals surface area (Å²) in [5.74, 6) is 1.16. The van der Waals surface area contributed by atoms with E-state index in [1.54, 1.807) is 4.40 Å². The zero-order valence-corrected chi connectivity index (χ0v) is 14.7. The van der Waals surface area contributed by atoms with E-state index in [4.69, 9.17) is 9.47 Å². The molecule has 1 aliphatic rings. The highest BCUT2D eigenvalue weighted by atomic mass is 32.1. The van der Waals surface area contributed by atoms with Crippen LogP contribution >= 0.6 is 11.3 Å². The average molecular weight is 366 g/mol. The quantitative estimate of drug-likeness (QED) is 0.589. The number of anilines is 1. The van der Waals surface area contributed by atoms with Crippen LogP contribution in [0.3, 0.4) is 0 Å². The SMILES string of the molecule is Cc1nc2ccccn2c1C(=O)Nc1nc2cc3c(cc2s1)OCCO3. The molecule has 0 atom stereocenters. The Balaban J connectivity index is 1.50. The standard InChI is InChI=1S/C18H14N4O3S/c1-10-16(22-5-3-2-4-15(22)19-10)17(23)21-18-20-11-8-12-13(9-14(11)26-18)25-7-6-24-12/h2-5,8-9H,6-7H2,1H3,(H,20,21,23). The van der Waals surface area contributed by atoms with E-state index in [2.05, 4.69) is 15.3 Å². The molecule has 1 amide bonds. The van der Waals surface area contributed by atoms with Crippen molar-refractivity contribution in [1.29, 1.82) is 0 Å². The van der Waals surface area contributed by atoms with Crippen LogP contribution in [0, 0.1) is 6.92 Å². The Morgan fingerprint density at radius 2 is 2.00 bits per heavy atom. The van der Waals surface area contributed by atoms with Crippen molar-refractivity contribution in [2.75, 3.05) is 18.5 Å². The van der Waals surface area contributed by atoms with E-state index in [-0.39, 0.29) is 5.91 Å². The van der Waals surface area contributed by atoms with Crippen LogP contribution in [-0.4, -0.2) is 33.5 Å². The predicted octanol–water partition coefficient (Wildman–Crippen LogP) is 3.28. The molecule has 7 nitrogen and oxygen atoms in total. The number of aromatic nitrogens is 3. The molecule has 5 rings (SSSR count). The van der Waals surface area contributed by atoms with Gasteiger partial charge in [-0.2, -0.15) is 0 Å². The van der Waals surface area contributed by atoms with Gasteiger partial charge in [-0.3, -0.25) is 14.5 Å². The first-order valence-corrected chi connectivity index (χ1v) is 8.96. The molecule has 0 bridgehead atoms. The van der Waals surface area contributed by atoms with E-state index in [0.717, 1.165) is 15.9 Å². The molecule has 4 aromatic rings. The Morgan fingerprint density at radius 1 is 1.19 bits per heavy atom. The van der Waals surface area contributed by atoms with Crippen molar-refractivity contribution < 1.29 is 14.3 Å². The Morgan fingerprint density at radius 3 is 2.85 bits per heavy atom. The third-order valence-corrected chi connectivity index (χ3v) is 5.13. The van der Waals surface area contributed by atoms with Crippen LogP contribution in [0.4, 0.5) is 5.13 Å². The number of hydrogen-bond donors (Lipinski definition) is 1. The number of pyridine rings is 1.